The molecule has 1 N–H and O–H groups in total. The smallest absolute Gasteiger partial charge is 0.326 e. The molecule has 0 spiro atoms. The average molecular weight is 383 g/mol. The molecule has 1 fully saturated rings. The summed E-state index contributed by atoms with van der Waals surface area (Å²) in [7, 11) is 0. The van der Waals surface area contributed by atoms with Crippen molar-refractivity contribution in [2.45, 2.75) is 19.6 Å². The second kappa shape index (κ2) is 8.09. The molecule has 7 heteroatoms. The molecule has 1 atom stereocenters. The fourth-order valence-electron chi connectivity index (χ4n) is 2.48. The normalized spacial score (nSPS) is 16.6. The Bertz CT molecular complexity index is 892. The number of imide groups is 1. The molecule has 138 valence electrons. The molecule has 1 heterocycles. The van der Waals surface area contributed by atoms with Crippen molar-refractivity contribution >= 4 is 35.0 Å². The Morgan fingerprint density at radius 2 is 1.81 bits per heavy atom. The van der Waals surface area contributed by atoms with Crippen molar-refractivity contribution in [1.29, 1.82) is 0 Å². The summed E-state index contributed by atoms with van der Waals surface area (Å²) in [5.41, 5.74) is 1.78. The number of nitrogens with zero attached hydrogens (tertiary/aromatic N) is 1. The Balaban J connectivity index is 1.68. The average Bonchev–Trinajstić information content (AvgIpc) is 2.94. The highest BCUT2D eigenvalue weighted by atomic mass is 32.2. The summed E-state index contributed by atoms with van der Waals surface area (Å²) in [6.45, 7) is 1.76. The number of carbonyl (C=O) groups is 3. The second-order valence-electron chi connectivity index (χ2n) is 5.91. The molecule has 1 aliphatic rings. The SMILES string of the molecule is CC(C(=O)O)N1C(=O)S/C(=C\c2ccc(OCc3ccccc3)cc2)C1=O. The van der Waals surface area contributed by atoms with Crippen LogP contribution < -0.4 is 4.74 Å². The summed E-state index contributed by atoms with van der Waals surface area (Å²) in [5, 5.41) is 8.45. The third kappa shape index (κ3) is 4.38. The van der Waals surface area contributed by atoms with E-state index in [4.69, 9.17) is 9.84 Å². The van der Waals surface area contributed by atoms with E-state index in [9.17, 15) is 14.4 Å². The molecule has 0 saturated carbocycles. The van der Waals surface area contributed by atoms with Gasteiger partial charge in [-0.05, 0) is 48.0 Å². The van der Waals surface area contributed by atoms with Crippen molar-refractivity contribution in [1.82, 2.24) is 4.90 Å². The lowest BCUT2D eigenvalue weighted by Gasteiger charge is -2.16. The van der Waals surface area contributed by atoms with Gasteiger partial charge >= 0.3 is 5.97 Å². The minimum Gasteiger partial charge on any atom is -0.489 e. The zero-order valence-electron chi connectivity index (χ0n) is 14.5. The van der Waals surface area contributed by atoms with Crippen molar-refractivity contribution in [3.05, 3.63) is 70.6 Å². The van der Waals surface area contributed by atoms with E-state index in [2.05, 4.69) is 0 Å². The summed E-state index contributed by atoms with van der Waals surface area (Å²) >= 11 is 0.738. The van der Waals surface area contributed by atoms with E-state index in [1.165, 1.54) is 6.92 Å². The number of carbonyl (C=O) groups excluding carboxylic acids is 2. The zero-order valence-corrected chi connectivity index (χ0v) is 15.3. The van der Waals surface area contributed by atoms with Gasteiger partial charge in [0.05, 0.1) is 4.91 Å². The number of carboxylic acid groups (broad SMARTS) is 1. The molecule has 2 aromatic rings. The van der Waals surface area contributed by atoms with Gasteiger partial charge in [-0.15, -0.1) is 0 Å². The van der Waals surface area contributed by atoms with Gasteiger partial charge in [-0.3, -0.25) is 14.5 Å². The van der Waals surface area contributed by atoms with Crippen LogP contribution in [-0.2, 0) is 16.2 Å². The summed E-state index contributed by atoms with van der Waals surface area (Å²) in [4.78, 5) is 36.3. The Morgan fingerprint density at radius 1 is 1.15 bits per heavy atom. The number of benzene rings is 2. The van der Waals surface area contributed by atoms with E-state index < -0.39 is 23.2 Å². The number of carboxylic acids is 1. The fourth-order valence-corrected chi connectivity index (χ4v) is 3.38. The van der Waals surface area contributed by atoms with Crippen molar-refractivity contribution in [3.8, 4) is 5.75 Å². The number of thioether (sulfide) groups is 1. The standard InChI is InChI=1S/C20H17NO5S/c1-13(19(23)24)21-18(22)17(27-20(21)25)11-14-7-9-16(10-8-14)26-12-15-5-3-2-4-6-15/h2-11,13H,12H2,1H3,(H,23,24)/b17-11-. The predicted octanol–water partition coefficient (Wildman–Crippen LogP) is 3.78. The van der Waals surface area contributed by atoms with E-state index >= 15 is 0 Å². The van der Waals surface area contributed by atoms with Crippen LogP contribution in [0.1, 0.15) is 18.1 Å². The van der Waals surface area contributed by atoms with Gasteiger partial charge in [-0.2, -0.15) is 0 Å². The minimum atomic E-state index is -1.22. The van der Waals surface area contributed by atoms with Crippen LogP contribution in [0.15, 0.2) is 59.5 Å². The van der Waals surface area contributed by atoms with Crippen LogP contribution in [0.4, 0.5) is 4.79 Å². The van der Waals surface area contributed by atoms with Crippen molar-refractivity contribution in [3.63, 3.8) is 0 Å². The minimum absolute atomic E-state index is 0.200. The van der Waals surface area contributed by atoms with E-state index in [1.807, 2.05) is 30.3 Å². The number of amides is 2. The summed E-state index contributed by atoms with van der Waals surface area (Å²) in [6.07, 6.45) is 1.57. The first-order valence-corrected chi connectivity index (χ1v) is 9.04. The van der Waals surface area contributed by atoms with Crippen LogP contribution in [0, 0.1) is 0 Å². The Hall–Kier alpha value is -3.06. The number of hydrogen-bond donors (Lipinski definition) is 1. The third-order valence-corrected chi connectivity index (χ3v) is 4.88. The van der Waals surface area contributed by atoms with Crippen LogP contribution >= 0.6 is 11.8 Å². The number of ether oxygens (including phenoxy) is 1. The molecule has 0 radical (unpaired) electrons. The molecular weight excluding hydrogens is 366 g/mol. The molecule has 6 nitrogen and oxygen atoms in total. The quantitative estimate of drug-likeness (QED) is 0.765. The maximum absolute atomic E-state index is 12.3. The molecule has 1 unspecified atom stereocenters. The van der Waals surface area contributed by atoms with Crippen molar-refractivity contribution < 1.29 is 24.2 Å². The first-order chi connectivity index (χ1) is 13.0. The summed E-state index contributed by atoms with van der Waals surface area (Å²) in [6, 6.07) is 15.7. The lowest BCUT2D eigenvalue weighted by atomic mass is 10.2. The van der Waals surface area contributed by atoms with E-state index in [0.29, 0.717) is 12.4 Å². The van der Waals surface area contributed by atoms with E-state index in [-0.39, 0.29) is 4.91 Å². The molecular formula is C20H17NO5S. The van der Waals surface area contributed by atoms with Gasteiger partial charge in [0.15, 0.2) is 0 Å². The van der Waals surface area contributed by atoms with Crippen molar-refractivity contribution in [2.24, 2.45) is 0 Å². The second-order valence-corrected chi connectivity index (χ2v) is 6.90. The summed E-state index contributed by atoms with van der Waals surface area (Å²) < 4.78 is 5.71. The first-order valence-electron chi connectivity index (χ1n) is 8.22. The molecule has 0 aromatic heterocycles. The van der Waals surface area contributed by atoms with Gasteiger partial charge in [-0.1, -0.05) is 42.5 Å². The number of hydrogen-bond acceptors (Lipinski definition) is 5. The van der Waals surface area contributed by atoms with Gasteiger partial charge in [-0.25, -0.2) is 4.79 Å². The van der Waals surface area contributed by atoms with Crippen LogP contribution in [0.5, 0.6) is 5.75 Å². The maximum atomic E-state index is 12.3. The van der Waals surface area contributed by atoms with Crippen LogP contribution in [-0.4, -0.2) is 33.2 Å². The van der Waals surface area contributed by atoms with E-state index in [0.717, 1.165) is 27.8 Å². The van der Waals surface area contributed by atoms with Crippen LogP contribution in [0.2, 0.25) is 0 Å². The lowest BCUT2D eigenvalue weighted by Crippen LogP contribution is -2.41. The van der Waals surface area contributed by atoms with Gasteiger partial charge in [0.2, 0.25) is 0 Å². The van der Waals surface area contributed by atoms with Gasteiger partial charge in [0, 0.05) is 0 Å². The lowest BCUT2D eigenvalue weighted by molar-refractivity contribution is -0.145. The molecule has 0 bridgehead atoms. The number of aliphatic carboxylic acids is 1. The fraction of sp³-hybridized carbons (Fsp3) is 0.150. The van der Waals surface area contributed by atoms with Crippen LogP contribution in [0.25, 0.3) is 6.08 Å². The molecule has 2 amide bonds. The van der Waals surface area contributed by atoms with Crippen LogP contribution in [0.3, 0.4) is 0 Å². The Kier molecular flexibility index (Phi) is 5.61. The van der Waals surface area contributed by atoms with E-state index in [1.54, 1.807) is 30.3 Å². The first kappa shape index (κ1) is 18.7. The highest BCUT2D eigenvalue weighted by Crippen LogP contribution is 2.33. The largest absolute Gasteiger partial charge is 0.489 e. The molecule has 0 aliphatic carbocycles. The van der Waals surface area contributed by atoms with Gasteiger partial charge < -0.3 is 9.84 Å². The molecule has 1 aliphatic heterocycles. The number of rotatable bonds is 6. The molecule has 27 heavy (non-hydrogen) atoms. The highest BCUT2D eigenvalue weighted by molar-refractivity contribution is 8.18. The van der Waals surface area contributed by atoms with Gasteiger partial charge in [0.25, 0.3) is 11.1 Å². The van der Waals surface area contributed by atoms with Crippen molar-refractivity contribution in [2.75, 3.05) is 0 Å². The summed E-state index contributed by atoms with van der Waals surface area (Å²) in [5.74, 6) is -1.13. The topological polar surface area (TPSA) is 83.9 Å². The molecule has 2 aromatic carbocycles. The third-order valence-electron chi connectivity index (χ3n) is 3.99. The highest BCUT2D eigenvalue weighted by Gasteiger charge is 2.40. The molecule has 1 saturated heterocycles. The maximum Gasteiger partial charge on any atom is 0.326 e. The zero-order chi connectivity index (χ0) is 19.4. The Morgan fingerprint density at radius 3 is 2.44 bits per heavy atom. The van der Waals surface area contributed by atoms with Gasteiger partial charge in [0.1, 0.15) is 18.4 Å². The molecule has 3 rings (SSSR count). The predicted molar refractivity (Wildman–Crippen MR) is 102 cm³/mol. The Labute approximate surface area is 160 Å². The monoisotopic (exact) mass is 383 g/mol.